The second kappa shape index (κ2) is 5.99. The molecule has 0 aliphatic heterocycles. The van der Waals surface area contributed by atoms with Crippen molar-refractivity contribution < 1.29 is 0 Å². The van der Waals surface area contributed by atoms with Crippen LogP contribution in [-0.2, 0) is 6.54 Å². The summed E-state index contributed by atoms with van der Waals surface area (Å²) in [6.07, 6.45) is 0. The van der Waals surface area contributed by atoms with Crippen LogP contribution >= 0.6 is 23.2 Å². The van der Waals surface area contributed by atoms with E-state index in [9.17, 15) is 4.79 Å². The molecule has 22 heavy (non-hydrogen) atoms. The molecule has 0 amide bonds. The topological polar surface area (TPSA) is 39.8 Å². The Morgan fingerprint density at radius 3 is 2.09 bits per heavy atom. The van der Waals surface area contributed by atoms with E-state index in [0.717, 1.165) is 11.3 Å². The van der Waals surface area contributed by atoms with E-state index in [1.165, 1.54) is 4.68 Å². The van der Waals surface area contributed by atoms with Crippen LogP contribution in [0.2, 0.25) is 10.0 Å². The molecule has 0 aliphatic carbocycles. The Morgan fingerprint density at radius 1 is 0.955 bits per heavy atom. The van der Waals surface area contributed by atoms with Gasteiger partial charge in [-0.25, -0.2) is 14.0 Å². The fourth-order valence-corrected chi connectivity index (χ4v) is 2.52. The maximum Gasteiger partial charge on any atom is 0.350 e. The van der Waals surface area contributed by atoms with Gasteiger partial charge in [0.2, 0.25) is 0 Å². The first-order chi connectivity index (χ1) is 10.5. The van der Waals surface area contributed by atoms with Gasteiger partial charge in [0.05, 0.1) is 12.2 Å². The van der Waals surface area contributed by atoms with E-state index in [-0.39, 0.29) is 5.69 Å². The zero-order valence-electron chi connectivity index (χ0n) is 11.8. The normalized spacial score (nSPS) is 10.9. The molecular weight excluding hydrogens is 321 g/mol. The van der Waals surface area contributed by atoms with Crippen LogP contribution in [0.5, 0.6) is 0 Å². The summed E-state index contributed by atoms with van der Waals surface area (Å²) in [5, 5.41) is 5.62. The van der Waals surface area contributed by atoms with E-state index in [2.05, 4.69) is 5.10 Å². The van der Waals surface area contributed by atoms with Crippen LogP contribution in [0.1, 0.15) is 11.4 Å². The summed E-state index contributed by atoms with van der Waals surface area (Å²) in [4.78, 5) is 12.6. The molecule has 0 saturated carbocycles. The Labute approximate surface area is 137 Å². The van der Waals surface area contributed by atoms with Gasteiger partial charge in [-0.1, -0.05) is 35.3 Å². The number of hydrogen-bond acceptors (Lipinski definition) is 2. The van der Waals surface area contributed by atoms with Crippen molar-refractivity contribution in [1.29, 1.82) is 0 Å². The largest absolute Gasteiger partial charge is 0.350 e. The Kier molecular flexibility index (Phi) is 4.05. The van der Waals surface area contributed by atoms with Crippen molar-refractivity contribution in [3.8, 4) is 5.69 Å². The van der Waals surface area contributed by atoms with Crippen molar-refractivity contribution in [3.05, 3.63) is 80.4 Å². The predicted octanol–water partition coefficient (Wildman–Crippen LogP) is 3.70. The smallest absolute Gasteiger partial charge is 0.247 e. The van der Waals surface area contributed by atoms with E-state index in [4.69, 9.17) is 23.2 Å². The molecular formula is C16H13Cl2N3O. The summed E-state index contributed by atoms with van der Waals surface area (Å²) >= 11 is 11.8. The highest BCUT2D eigenvalue weighted by atomic mass is 35.5. The van der Waals surface area contributed by atoms with E-state index >= 15 is 0 Å². The van der Waals surface area contributed by atoms with Crippen molar-refractivity contribution in [3.63, 3.8) is 0 Å². The third kappa shape index (κ3) is 2.93. The summed E-state index contributed by atoms with van der Waals surface area (Å²) in [6, 6.07) is 14.4. The Hall–Kier alpha value is -2.04. The number of halogens is 2. The third-order valence-corrected chi connectivity index (χ3v) is 3.84. The average Bonchev–Trinajstić information content (AvgIpc) is 2.77. The van der Waals surface area contributed by atoms with Crippen molar-refractivity contribution in [2.75, 3.05) is 0 Å². The van der Waals surface area contributed by atoms with E-state index in [1.807, 2.05) is 12.1 Å². The zero-order chi connectivity index (χ0) is 15.7. The molecule has 112 valence electrons. The first-order valence-corrected chi connectivity index (χ1v) is 7.47. The molecule has 0 spiro atoms. The molecule has 1 heterocycles. The summed E-state index contributed by atoms with van der Waals surface area (Å²) in [5.74, 6) is 0.626. The van der Waals surface area contributed by atoms with Crippen molar-refractivity contribution >= 4 is 23.2 Å². The van der Waals surface area contributed by atoms with Crippen LogP contribution in [0.3, 0.4) is 0 Å². The first-order valence-electron chi connectivity index (χ1n) is 6.71. The lowest BCUT2D eigenvalue weighted by atomic mass is 10.2. The Bertz CT molecular complexity index is 849. The fourth-order valence-electron chi connectivity index (χ4n) is 2.27. The molecule has 0 atom stereocenters. The van der Waals surface area contributed by atoms with Gasteiger partial charge in [0.1, 0.15) is 5.82 Å². The fraction of sp³-hybridized carbons (Fsp3) is 0.125. The van der Waals surface area contributed by atoms with E-state index < -0.39 is 0 Å². The quantitative estimate of drug-likeness (QED) is 0.733. The van der Waals surface area contributed by atoms with Crippen LogP contribution in [0.4, 0.5) is 0 Å². The highest BCUT2D eigenvalue weighted by Gasteiger charge is 2.12. The van der Waals surface area contributed by atoms with Crippen molar-refractivity contribution in [2.45, 2.75) is 13.5 Å². The highest BCUT2D eigenvalue weighted by Crippen LogP contribution is 2.14. The maximum absolute atomic E-state index is 12.6. The third-order valence-electron chi connectivity index (χ3n) is 3.33. The lowest BCUT2D eigenvalue weighted by Crippen LogP contribution is -2.24. The van der Waals surface area contributed by atoms with Gasteiger partial charge in [-0.2, -0.15) is 5.10 Å². The number of nitrogens with zero attached hydrogens (tertiary/aromatic N) is 3. The average molecular weight is 334 g/mol. The SMILES string of the molecule is Cc1nn(Cc2ccc(Cl)cc2)c(=O)n1-c1ccc(Cl)cc1. The molecule has 2 aromatic carbocycles. The van der Waals surface area contributed by atoms with Crippen LogP contribution < -0.4 is 5.69 Å². The van der Waals surface area contributed by atoms with Gasteiger partial charge in [0.15, 0.2) is 0 Å². The molecule has 4 nitrogen and oxygen atoms in total. The lowest BCUT2D eigenvalue weighted by Gasteiger charge is -2.02. The van der Waals surface area contributed by atoms with Crippen molar-refractivity contribution in [2.24, 2.45) is 0 Å². The molecule has 3 aromatic rings. The molecule has 0 fully saturated rings. The molecule has 0 N–H and O–H groups in total. The highest BCUT2D eigenvalue weighted by molar-refractivity contribution is 6.30. The number of aromatic nitrogens is 3. The summed E-state index contributed by atoms with van der Waals surface area (Å²) in [6.45, 7) is 2.20. The minimum Gasteiger partial charge on any atom is -0.247 e. The van der Waals surface area contributed by atoms with Crippen LogP contribution in [0, 0.1) is 6.92 Å². The molecule has 0 aliphatic rings. The standard InChI is InChI=1S/C16H13Cl2N3O/c1-11-19-20(10-12-2-4-13(17)5-3-12)16(22)21(11)15-8-6-14(18)7-9-15/h2-9H,10H2,1H3. The minimum atomic E-state index is -0.185. The Balaban J connectivity index is 1.98. The van der Waals surface area contributed by atoms with Gasteiger partial charge in [-0.05, 0) is 48.9 Å². The number of benzene rings is 2. The van der Waals surface area contributed by atoms with Crippen LogP contribution in [0.15, 0.2) is 53.3 Å². The predicted molar refractivity (Wildman–Crippen MR) is 88.1 cm³/mol. The molecule has 0 saturated heterocycles. The van der Waals surface area contributed by atoms with E-state index in [0.29, 0.717) is 22.4 Å². The molecule has 0 bridgehead atoms. The summed E-state index contributed by atoms with van der Waals surface area (Å²) in [7, 11) is 0. The van der Waals surface area contributed by atoms with Crippen LogP contribution in [0.25, 0.3) is 5.69 Å². The number of hydrogen-bond donors (Lipinski definition) is 0. The molecule has 0 radical (unpaired) electrons. The van der Waals surface area contributed by atoms with Gasteiger partial charge in [0.25, 0.3) is 0 Å². The second-order valence-electron chi connectivity index (χ2n) is 4.93. The van der Waals surface area contributed by atoms with Gasteiger partial charge in [-0.3, -0.25) is 0 Å². The van der Waals surface area contributed by atoms with Gasteiger partial charge < -0.3 is 0 Å². The maximum atomic E-state index is 12.6. The molecule has 0 unspecified atom stereocenters. The van der Waals surface area contributed by atoms with Gasteiger partial charge in [0, 0.05) is 10.0 Å². The van der Waals surface area contributed by atoms with Crippen LogP contribution in [-0.4, -0.2) is 14.3 Å². The Morgan fingerprint density at radius 2 is 1.50 bits per heavy atom. The molecule has 3 rings (SSSR count). The summed E-state index contributed by atoms with van der Waals surface area (Å²) < 4.78 is 3.00. The summed E-state index contributed by atoms with van der Waals surface area (Å²) in [5.41, 5.74) is 1.52. The lowest BCUT2D eigenvalue weighted by molar-refractivity contribution is 0.651. The number of rotatable bonds is 3. The molecule has 1 aromatic heterocycles. The number of aryl methyl sites for hydroxylation is 1. The minimum absolute atomic E-state index is 0.185. The molecule has 6 heteroatoms. The van der Waals surface area contributed by atoms with Gasteiger partial charge >= 0.3 is 5.69 Å². The van der Waals surface area contributed by atoms with Gasteiger partial charge in [-0.15, -0.1) is 0 Å². The monoisotopic (exact) mass is 333 g/mol. The first kappa shape index (κ1) is 14.9. The van der Waals surface area contributed by atoms with Crippen molar-refractivity contribution in [1.82, 2.24) is 14.3 Å². The second-order valence-corrected chi connectivity index (χ2v) is 5.80. The zero-order valence-corrected chi connectivity index (χ0v) is 13.3. The van der Waals surface area contributed by atoms with E-state index in [1.54, 1.807) is 47.9 Å².